The zero-order valence-corrected chi connectivity index (χ0v) is 19.4. The van der Waals surface area contributed by atoms with Gasteiger partial charge in [0.05, 0.1) is 14.6 Å². The van der Waals surface area contributed by atoms with Gasteiger partial charge in [0.1, 0.15) is 18.9 Å². The Bertz CT molecular complexity index is 957. The lowest BCUT2D eigenvalue weighted by atomic mass is 10.1. The summed E-state index contributed by atoms with van der Waals surface area (Å²) >= 11 is 6.72. The molecule has 1 saturated carbocycles. The van der Waals surface area contributed by atoms with Crippen LogP contribution in [0.15, 0.2) is 33.2 Å². The monoisotopic (exact) mass is 542 g/mol. The molecule has 0 radical (unpaired) electrons. The number of carboxylic acid groups (broad SMARTS) is 1. The fourth-order valence-electron chi connectivity index (χ4n) is 2.89. The van der Waals surface area contributed by atoms with Gasteiger partial charge in [-0.1, -0.05) is 0 Å². The lowest BCUT2D eigenvalue weighted by Crippen LogP contribution is -2.29. The van der Waals surface area contributed by atoms with Crippen LogP contribution in [0, 0.1) is 18.7 Å². The molecule has 2 aromatic carbocycles. The molecule has 160 valence electrons. The Balaban J connectivity index is 1.72. The lowest BCUT2D eigenvalue weighted by molar-refractivity contribution is -0.135. The van der Waals surface area contributed by atoms with E-state index in [0.29, 0.717) is 31.9 Å². The molecule has 1 aliphatic rings. The molecule has 9 heteroatoms. The number of nitrogens with one attached hydrogen (secondary N) is 2. The predicted molar refractivity (Wildman–Crippen MR) is 118 cm³/mol. The average Bonchev–Trinajstić information content (AvgIpc) is 3.50. The second-order valence-electron chi connectivity index (χ2n) is 7.24. The summed E-state index contributed by atoms with van der Waals surface area (Å²) in [5.41, 5.74) is 2.09. The van der Waals surface area contributed by atoms with Crippen molar-refractivity contribution in [2.45, 2.75) is 26.4 Å². The third kappa shape index (κ3) is 5.95. The molecule has 1 fully saturated rings. The number of aliphatic carboxylic acids is 1. The predicted octanol–water partition coefficient (Wildman–Crippen LogP) is 4.87. The number of rotatable bonds is 9. The van der Waals surface area contributed by atoms with Gasteiger partial charge in [0.15, 0.2) is 5.82 Å². The van der Waals surface area contributed by atoms with Gasteiger partial charge in [-0.3, -0.25) is 9.59 Å². The zero-order chi connectivity index (χ0) is 21.8. The lowest BCUT2D eigenvalue weighted by Gasteiger charge is -2.15. The highest BCUT2D eigenvalue weighted by Crippen LogP contribution is 2.36. The van der Waals surface area contributed by atoms with Crippen LogP contribution in [0.2, 0.25) is 0 Å². The number of carbonyl (C=O) groups is 2. The SMILES string of the molecule is Cc1cc(COc2c(Br)cc(C(=O)NCC(=O)O)cc2Br)c(F)c(NCC2CC2)c1. The topological polar surface area (TPSA) is 87.7 Å². The summed E-state index contributed by atoms with van der Waals surface area (Å²) in [7, 11) is 0. The normalized spacial score (nSPS) is 13.1. The van der Waals surface area contributed by atoms with Crippen LogP contribution >= 0.6 is 31.9 Å². The zero-order valence-electron chi connectivity index (χ0n) is 16.2. The number of halogens is 3. The van der Waals surface area contributed by atoms with E-state index in [0.717, 1.165) is 12.1 Å². The molecule has 1 amide bonds. The maximum absolute atomic E-state index is 14.9. The molecule has 0 bridgehead atoms. The van der Waals surface area contributed by atoms with Gasteiger partial charge in [0, 0.05) is 17.7 Å². The summed E-state index contributed by atoms with van der Waals surface area (Å²) in [6, 6.07) is 6.57. The highest BCUT2D eigenvalue weighted by Gasteiger charge is 2.22. The Hall–Kier alpha value is -2.13. The molecule has 0 spiro atoms. The molecule has 30 heavy (non-hydrogen) atoms. The summed E-state index contributed by atoms with van der Waals surface area (Å²) in [5.74, 6) is -0.951. The minimum atomic E-state index is -1.13. The molecule has 0 unspecified atom stereocenters. The molecular weight excluding hydrogens is 523 g/mol. The van der Waals surface area contributed by atoms with Crippen LogP contribution in [-0.4, -0.2) is 30.1 Å². The molecule has 0 aromatic heterocycles. The molecule has 0 atom stereocenters. The molecule has 1 aliphatic carbocycles. The Kier molecular flexibility index (Phi) is 7.36. The number of hydrogen-bond acceptors (Lipinski definition) is 4. The molecule has 0 saturated heterocycles. The van der Waals surface area contributed by atoms with E-state index in [1.165, 1.54) is 25.0 Å². The highest BCUT2D eigenvalue weighted by atomic mass is 79.9. The number of benzene rings is 2. The summed E-state index contributed by atoms with van der Waals surface area (Å²) in [4.78, 5) is 22.7. The highest BCUT2D eigenvalue weighted by molar-refractivity contribution is 9.11. The number of hydrogen-bond donors (Lipinski definition) is 3. The van der Waals surface area contributed by atoms with Gasteiger partial charge < -0.3 is 20.5 Å². The number of carboxylic acids is 1. The largest absolute Gasteiger partial charge is 0.486 e. The van der Waals surface area contributed by atoms with Crippen LogP contribution < -0.4 is 15.4 Å². The first-order valence-electron chi connectivity index (χ1n) is 9.39. The summed E-state index contributed by atoms with van der Waals surface area (Å²) in [6.45, 7) is 2.20. The molecule has 0 aliphatic heterocycles. The van der Waals surface area contributed by atoms with E-state index in [1.807, 2.05) is 6.92 Å². The second-order valence-corrected chi connectivity index (χ2v) is 8.95. The van der Waals surface area contributed by atoms with Crippen LogP contribution in [0.25, 0.3) is 0 Å². The van der Waals surface area contributed by atoms with Crippen molar-refractivity contribution in [1.82, 2.24) is 5.32 Å². The smallest absolute Gasteiger partial charge is 0.322 e. The molecule has 2 aromatic rings. The van der Waals surface area contributed by atoms with E-state index in [-0.39, 0.29) is 18.0 Å². The standard InChI is InChI=1S/C21H21Br2FN2O4/c1-11-4-14(19(24)17(5-11)25-8-12-2-3-12)10-30-20-15(22)6-13(7-16(20)23)21(29)26-9-18(27)28/h4-7,12,25H,2-3,8-10H2,1H3,(H,26,29)(H,27,28). The maximum atomic E-state index is 14.9. The van der Waals surface area contributed by atoms with E-state index in [2.05, 4.69) is 42.5 Å². The van der Waals surface area contributed by atoms with Crippen LogP contribution in [0.1, 0.15) is 34.3 Å². The van der Waals surface area contributed by atoms with Crippen molar-refractivity contribution < 1.29 is 23.8 Å². The van der Waals surface area contributed by atoms with Crippen molar-refractivity contribution in [3.05, 3.63) is 55.7 Å². The first kappa shape index (κ1) is 22.6. The third-order valence-corrected chi connectivity index (χ3v) is 5.78. The number of carbonyl (C=O) groups excluding carboxylic acids is 1. The van der Waals surface area contributed by atoms with Crippen molar-refractivity contribution in [2.24, 2.45) is 5.92 Å². The first-order chi connectivity index (χ1) is 14.2. The minimum Gasteiger partial charge on any atom is -0.486 e. The fourth-order valence-corrected chi connectivity index (χ4v) is 4.31. The van der Waals surface area contributed by atoms with Crippen molar-refractivity contribution in [3.63, 3.8) is 0 Å². The van der Waals surface area contributed by atoms with Gasteiger partial charge in [-0.2, -0.15) is 0 Å². The quantitative estimate of drug-likeness (QED) is 0.420. The third-order valence-electron chi connectivity index (χ3n) is 4.60. The van der Waals surface area contributed by atoms with Crippen molar-refractivity contribution in [1.29, 1.82) is 0 Å². The Morgan fingerprint density at radius 1 is 1.20 bits per heavy atom. The molecule has 6 nitrogen and oxygen atoms in total. The van der Waals surface area contributed by atoms with E-state index >= 15 is 0 Å². The van der Waals surface area contributed by atoms with Crippen LogP contribution in [0.4, 0.5) is 10.1 Å². The van der Waals surface area contributed by atoms with E-state index in [1.54, 1.807) is 12.1 Å². The van der Waals surface area contributed by atoms with Gasteiger partial charge in [0.25, 0.3) is 5.91 Å². The van der Waals surface area contributed by atoms with Crippen LogP contribution in [0.5, 0.6) is 5.75 Å². The first-order valence-corrected chi connectivity index (χ1v) is 11.0. The number of aryl methyl sites for hydroxylation is 1. The van der Waals surface area contributed by atoms with Crippen molar-refractivity contribution in [2.75, 3.05) is 18.4 Å². The Morgan fingerprint density at radius 3 is 2.47 bits per heavy atom. The summed E-state index contributed by atoms with van der Waals surface area (Å²) in [6.07, 6.45) is 2.37. The van der Waals surface area contributed by atoms with Gasteiger partial charge in [-0.25, -0.2) is 4.39 Å². The van der Waals surface area contributed by atoms with E-state index < -0.39 is 18.4 Å². The molecule has 3 N–H and O–H groups in total. The molecule has 3 rings (SSSR count). The maximum Gasteiger partial charge on any atom is 0.322 e. The molecular formula is C21H21Br2FN2O4. The van der Waals surface area contributed by atoms with Gasteiger partial charge in [0.2, 0.25) is 0 Å². The van der Waals surface area contributed by atoms with Crippen molar-refractivity contribution >= 4 is 49.4 Å². The van der Waals surface area contributed by atoms with Crippen molar-refractivity contribution in [3.8, 4) is 5.75 Å². The summed E-state index contributed by atoms with van der Waals surface area (Å²) in [5, 5.41) is 14.2. The fraction of sp³-hybridized carbons (Fsp3) is 0.333. The Morgan fingerprint density at radius 2 is 1.87 bits per heavy atom. The van der Waals surface area contributed by atoms with E-state index in [4.69, 9.17) is 9.84 Å². The molecule has 0 heterocycles. The Labute approximate surface area is 190 Å². The summed E-state index contributed by atoms with van der Waals surface area (Å²) < 4.78 is 21.7. The second kappa shape index (κ2) is 9.78. The number of amides is 1. The van der Waals surface area contributed by atoms with E-state index in [9.17, 15) is 14.0 Å². The number of anilines is 1. The van der Waals surface area contributed by atoms with Gasteiger partial charge in [-0.15, -0.1) is 0 Å². The van der Waals surface area contributed by atoms with Crippen LogP contribution in [-0.2, 0) is 11.4 Å². The van der Waals surface area contributed by atoms with Gasteiger partial charge in [-0.05, 0) is 87.4 Å². The van der Waals surface area contributed by atoms with Crippen LogP contribution in [0.3, 0.4) is 0 Å². The average molecular weight is 544 g/mol. The number of ether oxygens (including phenoxy) is 1. The minimum absolute atomic E-state index is 0.00732. The van der Waals surface area contributed by atoms with Gasteiger partial charge >= 0.3 is 5.97 Å².